The zero-order valence-corrected chi connectivity index (χ0v) is 26.9. The van der Waals surface area contributed by atoms with Gasteiger partial charge in [0.15, 0.2) is 28.9 Å². The standard InChI is InChI=1S/C14H18N4O6.C9H8O4.C5H8O2.CH6N2.2CH4/c1-8(19)9-3-10(24-13(22)4-9)14(23)18-7-17-12(21)5-11(20)16-6-15-2;1-5(10)7-3-8(6(2)11)13-9(12)4-7;1-4(6)3-5(2)7;2-1-3;;/h3-4,15H,5-7H2,1-2H3,(H,16,20)(H,17,21)(H,18,23);3-4H,1-2H3;3H2,1-2H3;1-3H2;2*1H4. The van der Waals surface area contributed by atoms with Gasteiger partial charge in [0.1, 0.15) is 18.0 Å². The van der Waals surface area contributed by atoms with Gasteiger partial charge in [-0.2, -0.15) is 0 Å². The van der Waals surface area contributed by atoms with Gasteiger partial charge in [0.25, 0.3) is 5.91 Å². The zero-order chi connectivity index (χ0) is 36.7. The van der Waals surface area contributed by atoms with E-state index < -0.39 is 41.2 Å². The van der Waals surface area contributed by atoms with Crippen molar-refractivity contribution in [3.63, 3.8) is 0 Å². The average Bonchev–Trinajstić information content (AvgIpc) is 2.95. The van der Waals surface area contributed by atoms with Gasteiger partial charge in [-0.05, 0) is 46.9 Å². The number of carbonyl (C=O) groups excluding carboxylic acids is 8. The van der Waals surface area contributed by atoms with Gasteiger partial charge in [0, 0.05) is 36.9 Å². The van der Waals surface area contributed by atoms with Crippen LogP contribution in [0.5, 0.6) is 0 Å². The van der Waals surface area contributed by atoms with Gasteiger partial charge >= 0.3 is 11.3 Å². The van der Waals surface area contributed by atoms with Crippen molar-refractivity contribution in [3.8, 4) is 0 Å². The molecule has 49 heavy (non-hydrogen) atoms. The highest BCUT2D eigenvalue weighted by molar-refractivity contribution is 5.99. The molecule has 0 aromatic carbocycles. The van der Waals surface area contributed by atoms with Crippen molar-refractivity contribution in [2.45, 2.75) is 62.3 Å². The van der Waals surface area contributed by atoms with Crippen molar-refractivity contribution in [2.75, 3.05) is 27.1 Å². The third kappa shape index (κ3) is 25.3. The smallest absolute Gasteiger partial charge is 0.337 e. The van der Waals surface area contributed by atoms with Crippen LogP contribution in [0.4, 0.5) is 0 Å². The topological polar surface area (TPSA) is 297 Å². The lowest BCUT2D eigenvalue weighted by atomic mass is 10.1. The summed E-state index contributed by atoms with van der Waals surface area (Å²) in [7, 11) is 1.63. The molecule has 0 aliphatic rings. The summed E-state index contributed by atoms with van der Waals surface area (Å²) >= 11 is 0. The lowest BCUT2D eigenvalue weighted by molar-refractivity contribution is -0.129. The maximum atomic E-state index is 11.8. The van der Waals surface area contributed by atoms with Crippen molar-refractivity contribution >= 4 is 46.6 Å². The average molecular weight is 697 g/mol. The summed E-state index contributed by atoms with van der Waals surface area (Å²) < 4.78 is 9.26. The van der Waals surface area contributed by atoms with E-state index in [1.54, 1.807) is 7.05 Å². The van der Waals surface area contributed by atoms with Crippen LogP contribution >= 0.6 is 0 Å². The van der Waals surface area contributed by atoms with Crippen molar-refractivity contribution in [3.05, 3.63) is 67.8 Å². The van der Waals surface area contributed by atoms with E-state index >= 15 is 0 Å². The van der Waals surface area contributed by atoms with Crippen LogP contribution in [0.1, 0.15) is 104 Å². The number of hydrogen-bond acceptors (Lipinski definition) is 15. The Kier molecular flexibility index (Phi) is 28.4. The number of carbonyl (C=O) groups is 8. The fourth-order valence-electron chi connectivity index (χ4n) is 2.76. The third-order valence-corrected chi connectivity index (χ3v) is 4.74. The predicted molar refractivity (Wildman–Crippen MR) is 180 cm³/mol. The number of ketones is 5. The molecule has 0 unspecified atom stereocenters. The molecule has 0 spiro atoms. The molecule has 8 N–H and O–H groups in total. The first kappa shape index (κ1) is 50.4. The molecular formula is C31H48N6O12. The van der Waals surface area contributed by atoms with Crippen molar-refractivity contribution < 1.29 is 47.2 Å². The first-order chi connectivity index (χ1) is 21.9. The molecule has 2 heterocycles. The molecule has 2 rings (SSSR count). The molecule has 0 fully saturated rings. The summed E-state index contributed by atoms with van der Waals surface area (Å²) in [5.74, 6) is -3.45. The molecule has 0 aliphatic carbocycles. The molecule has 0 saturated carbocycles. The zero-order valence-electron chi connectivity index (χ0n) is 26.9. The van der Waals surface area contributed by atoms with E-state index in [-0.39, 0.29) is 87.1 Å². The highest BCUT2D eigenvalue weighted by Gasteiger charge is 2.14. The van der Waals surface area contributed by atoms with Crippen LogP contribution < -0.4 is 44.0 Å². The molecule has 18 nitrogen and oxygen atoms in total. The van der Waals surface area contributed by atoms with Crippen molar-refractivity contribution in [1.82, 2.24) is 21.3 Å². The third-order valence-electron chi connectivity index (χ3n) is 4.74. The highest BCUT2D eigenvalue weighted by atomic mass is 16.4. The van der Waals surface area contributed by atoms with Crippen LogP contribution in [0.3, 0.4) is 0 Å². The molecule has 0 saturated heterocycles. The van der Waals surface area contributed by atoms with Crippen molar-refractivity contribution in [2.24, 2.45) is 11.5 Å². The fraction of sp³-hybridized carbons (Fsp3) is 0.419. The Bertz CT molecular complexity index is 1500. The number of hydrogen-bond donors (Lipinski definition) is 6. The Morgan fingerprint density at radius 2 is 0.980 bits per heavy atom. The maximum absolute atomic E-state index is 11.8. The summed E-state index contributed by atoms with van der Waals surface area (Å²) in [6.07, 6.45) is -0.313. The summed E-state index contributed by atoms with van der Waals surface area (Å²) in [4.78, 5) is 110. The second-order valence-electron chi connectivity index (χ2n) is 9.13. The van der Waals surface area contributed by atoms with Gasteiger partial charge in [-0.25, -0.2) is 9.59 Å². The minimum Gasteiger partial charge on any atom is -0.420 e. The number of Topliss-reactive ketones (excluding diaryl/α,β-unsaturated/α-hetero) is 5. The molecule has 0 atom stereocenters. The SMILES string of the molecule is C.C.CC(=O)CC(C)=O.CC(=O)c1cc(C(C)=O)oc(=O)c1.CNCNC(=O)CC(=O)NCNC(=O)c1cc(C(C)=O)cc(=O)o1.NCN. The maximum Gasteiger partial charge on any atom is 0.337 e. The van der Waals surface area contributed by atoms with E-state index in [0.29, 0.717) is 0 Å². The highest BCUT2D eigenvalue weighted by Crippen LogP contribution is 2.03. The van der Waals surface area contributed by atoms with Gasteiger partial charge in [-0.15, -0.1) is 0 Å². The monoisotopic (exact) mass is 696 g/mol. The fourth-order valence-corrected chi connectivity index (χ4v) is 2.76. The number of rotatable bonds is 12. The molecule has 2 aromatic heterocycles. The summed E-state index contributed by atoms with van der Waals surface area (Å²) in [6.45, 7) is 6.85. The van der Waals surface area contributed by atoms with Gasteiger partial charge in [0.2, 0.25) is 11.8 Å². The molecule has 274 valence electrons. The Balaban J connectivity index is -0.000000339. The summed E-state index contributed by atoms with van der Waals surface area (Å²) in [5.41, 5.74) is 7.97. The second kappa shape index (κ2) is 27.6. The molecule has 2 aromatic rings. The summed E-state index contributed by atoms with van der Waals surface area (Å²) in [5, 5.41) is 9.70. The number of nitrogens with one attached hydrogen (secondary N) is 4. The van der Waals surface area contributed by atoms with Crippen LogP contribution in [0.25, 0.3) is 0 Å². The van der Waals surface area contributed by atoms with Gasteiger partial charge < -0.3 is 41.6 Å². The molecule has 0 radical (unpaired) electrons. The van der Waals surface area contributed by atoms with E-state index in [1.807, 2.05) is 0 Å². The summed E-state index contributed by atoms with van der Waals surface area (Å²) in [6, 6.07) is 4.44. The van der Waals surface area contributed by atoms with Crippen LogP contribution in [0, 0.1) is 0 Å². The first-order valence-electron chi connectivity index (χ1n) is 13.6. The Hall–Kier alpha value is -5.46. The van der Waals surface area contributed by atoms with E-state index in [1.165, 1.54) is 40.7 Å². The molecule has 0 bridgehead atoms. The minimum absolute atomic E-state index is 0. The number of nitrogens with two attached hydrogens (primary N) is 2. The lowest BCUT2D eigenvalue weighted by Crippen LogP contribution is -2.40. The van der Waals surface area contributed by atoms with Crippen LogP contribution in [0.2, 0.25) is 0 Å². The van der Waals surface area contributed by atoms with Crippen LogP contribution in [-0.4, -0.2) is 73.7 Å². The molecular weight excluding hydrogens is 648 g/mol. The Morgan fingerprint density at radius 1 is 0.592 bits per heavy atom. The Labute approximate surface area is 283 Å². The quantitative estimate of drug-likeness (QED) is 0.0971. The van der Waals surface area contributed by atoms with Crippen LogP contribution in [-0.2, 0) is 19.2 Å². The van der Waals surface area contributed by atoms with Gasteiger partial charge in [0.05, 0.1) is 19.8 Å². The van der Waals surface area contributed by atoms with E-state index in [9.17, 15) is 47.9 Å². The van der Waals surface area contributed by atoms with Crippen LogP contribution in [0.15, 0.2) is 42.7 Å². The predicted octanol–water partition coefficient (Wildman–Crippen LogP) is 0.0621. The first-order valence-corrected chi connectivity index (χ1v) is 13.6. The second-order valence-corrected chi connectivity index (χ2v) is 9.13. The van der Waals surface area contributed by atoms with E-state index in [0.717, 1.165) is 18.2 Å². The lowest BCUT2D eigenvalue weighted by Gasteiger charge is -2.07. The Morgan fingerprint density at radius 3 is 1.33 bits per heavy atom. The van der Waals surface area contributed by atoms with Gasteiger partial charge in [-0.3, -0.25) is 38.4 Å². The largest absolute Gasteiger partial charge is 0.420 e. The van der Waals surface area contributed by atoms with Crippen molar-refractivity contribution in [1.29, 1.82) is 0 Å². The van der Waals surface area contributed by atoms with Gasteiger partial charge in [-0.1, -0.05) is 14.9 Å². The van der Waals surface area contributed by atoms with E-state index in [4.69, 9.17) is 4.42 Å². The molecule has 0 aliphatic heterocycles. The minimum atomic E-state index is -0.835. The normalized spacial score (nSPS) is 8.98. The molecule has 18 heteroatoms. The molecule has 3 amide bonds. The van der Waals surface area contributed by atoms with E-state index in [2.05, 4.69) is 37.2 Å². The number of amides is 3.